The van der Waals surface area contributed by atoms with Crippen LogP contribution in [0.25, 0.3) is 21.8 Å². The third-order valence-electron chi connectivity index (χ3n) is 3.16. The molecule has 0 spiro atoms. The Bertz CT molecular complexity index is 740. The van der Waals surface area contributed by atoms with Crippen molar-refractivity contribution in [1.82, 2.24) is 4.57 Å². The normalized spacial score (nSPS) is 11.9. The molecule has 3 nitrogen and oxygen atoms in total. The highest BCUT2D eigenvalue weighted by Crippen LogP contribution is 2.29. The monoisotopic (exact) mass is 267 g/mol. The van der Waals surface area contributed by atoms with E-state index in [1.807, 2.05) is 69.3 Å². The summed E-state index contributed by atoms with van der Waals surface area (Å²) in [6.45, 7) is 5.62. The van der Waals surface area contributed by atoms with Gasteiger partial charge in [-0.3, -0.25) is 0 Å². The van der Waals surface area contributed by atoms with Gasteiger partial charge in [0, 0.05) is 10.8 Å². The van der Waals surface area contributed by atoms with Crippen LogP contribution in [0.2, 0.25) is 0 Å². The van der Waals surface area contributed by atoms with Crippen LogP contribution < -0.4 is 0 Å². The second kappa shape index (κ2) is 4.37. The smallest absolute Gasteiger partial charge is 0.419 e. The van der Waals surface area contributed by atoms with E-state index in [4.69, 9.17) is 4.74 Å². The summed E-state index contributed by atoms with van der Waals surface area (Å²) >= 11 is 0. The molecule has 0 radical (unpaired) electrons. The molecular formula is C17H17NO2. The fraction of sp³-hybridized carbons (Fsp3) is 0.235. The Hall–Kier alpha value is -2.29. The molecule has 0 aliphatic heterocycles. The Morgan fingerprint density at radius 1 is 0.900 bits per heavy atom. The van der Waals surface area contributed by atoms with Crippen LogP contribution >= 0.6 is 0 Å². The van der Waals surface area contributed by atoms with Crippen LogP contribution in [-0.4, -0.2) is 16.3 Å². The molecule has 1 heterocycles. The second-order valence-electron chi connectivity index (χ2n) is 5.85. The molecule has 3 heteroatoms. The lowest BCUT2D eigenvalue weighted by atomic mass is 10.2. The number of nitrogens with zero attached hydrogens (tertiary/aromatic N) is 1. The maximum absolute atomic E-state index is 12.5. The topological polar surface area (TPSA) is 31.2 Å². The van der Waals surface area contributed by atoms with Crippen LogP contribution in [-0.2, 0) is 4.74 Å². The van der Waals surface area contributed by atoms with Crippen LogP contribution in [0.15, 0.2) is 48.5 Å². The summed E-state index contributed by atoms with van der Waals surface area (Å²) in [7, 11) is 0. The highest BCUT2D eigenvalue weighted by molar-refractivity contribution is 6.12. The van der Waals surface area contributed by atoms with Crippen molar-refractivity contribution in [1.29, 1.82) is 0 Å². The van der Waals surface area contributed by atoms with Gasteiger partial charge < -0.3 is 4.74 Å². The maximum atomic E-state index is 12.5. The summed E-state index contributed by atoms with van der Waals surface area (Å²) in [5.41, 5.74) is 1.25. The van der Waals surface area contributed by atoms with Crippen molar-refractivity contribution in [3.05, 3.63) is 48.5 Å². The first kappa shape index (κ1) is 12.7. The van der Waals surface area contributed by atoms with Crippen molar-refractivity contribution in [2.75, 3.05) is 0 Å². The van der Waals surface area contributed by atoms with Crippen molar-refractivity contribution in [3.8, 4) is 0 Å². The quantitative estimate of drug-likeness (QED) is 0.597. The maximum Gasteiger partial charge on any atom is 0.419 e. The number of hydrogen-bond acceptors (Lipinski definition) is 2. The number of benzene rings is 2. The number of aromatic nitrogens is 1. The molecule has 0 aliphatic rings. The Kier molecular flexibility index (Phi) is 2.78. The van der Waals surface area contributed by atoms with Gasteiger partial charge in [-0.05, 0) is 32.9 Å². The lowest BCUT2D eigenvalue weighted by Gasteiger charge is -2.20. The molecule has 0 unspecified atom stereocenters. The van der Waals surface area contributed by atoms with E-state index in [1.54, 1.807) is 4.57 Å². The van der Waals surface area contributed by atoms with Gasteiger partial charge >= 0.3 is 6.09 Å². The van der Waals surface area contributed by atoms with Crippen molar-refractivity contribution in [2.24, 2.45) is 0 Å². The van der Waals surface area contributed by atoms with Gasteiger partial charge in [-0.1, -0.05) is 36.4 Å². The van der Waals surface area contributed by atoms with Crippen LogP contribution in [0.5, 0.6) is 0 Å². The fourth-order valence-corrected chi connectivity index (χ4v) is 2.43. The number of carbonyl (C=O) groups is 1. The molecule has 0 N–H and O–H groups in total. The van der Waals surface area contributed by atoms with E-state index in [0.29, 0.717) is 0 Å². The van der Waals surface area contributed by atoms with Crippen LogP contribution in [0.1, 0.15) is 20.8 Å². The van der Waals surface area contributed by atoms with Crippen molar-refractivity contribution in [2.45, 2.75) is 26.4 Å². The molecule has 0 aliphatic carbocycles. The number of hydrogen-bond donors (Lipinski definition) is 0. The first-order valence-electron chi connectivity index (χ1n) is 6.69. The lowest BCUT2D eigenvalue weighted by molar-refractivity contribution is 0.0551. The first-order chi connectivity index (χ1) is 9.47. The average Bonchev–Trinajstić information content (AvgIpc) is 2.71. The Labute approximate surface area is 117 Å². The Morgan fingerprint density at radius 3 is 1.80 bits per heavy atom. The first-order valence-corrected chi connectivity index (χ1v) is 6.69. The Morgan fingerprint density at radius 2 is 1.35 bits per heavy atom. The molecule has 0 atom stereocenters. The van der Waals surface area contributed by atoms with Gasteiger partial charge in [0.1, 0.15) is 5.60 Å². The molecule has 1 aromatic heterocycles. The minimum atomic E-state index is -0.510. The molecule has 0 saturated carbocycles. The molecule has 3 rings (SSSR count). The summed E-state index contributed by atoms with van der Waals surface area (Å²) in [5, 5.41) is 2.13. The highest BCUT2D eigenvalue weighted by atomic mass is 16.6. The zero-order valence-corrected chi connectivity index (χ0v) is 11.9. The van der Waals surface area contributed by atoms with Crippen molar-refractivity contribution >= 4 is 27.9 Å². The largest absolute Gasteiger partial charge is 0.443 e. The van der Waals surface area contributed by atoms with E-state index in [-0.39, 0.29) is 6.09 Å². The standard InChI is InChI=1S/C17H17NO2/c1-17(2,3)20-16(19)18-14-10-6-4-8-12(14)13-9-5-7-11-15(13)18/h4-11H,1-3H3. The summed E-state index contributed by atoms with van der Waals surface area (Å²) in [6.07, 6.45) is -0.338. The van der Waals surface area contributed by atoms with Crippen LogP contribution in [0.3, 0.4) is 0 Å². The molecule has 0 bridgehead atoms. The predicted molar refractivity (Wildman–Crippen MR) is 81.1 cm³/mol. The molecular weight excluding hydrogens is 250 g/mol. The second-order valence-corrected chi connectivity index (χ2v) is 5.85. The minimum absolute atomic E-state index is 0.338. The van der Waals surface area contributed by atoms with E-state index < -0.39 is 5.60 Å². The molecule has 102 valence electrons. The number of ether oxygens (including phenoxy) is 1. The molecule has 20 heavy (non-hydrogen) atoms. The van der Waals surface area contributed by atoms with E-state index in [1.165, 1.54) is 0 Å². The molecule has 0 saturated heterocycles. The number of rotatable bonds is 0. The SMILES string of the molecule is CC(C)(C)OC(=O)n1c2ccccc2c2ccccc21. The minimum Gasteiger partial charge on any atom is -0.443 e. The molecule has 2 aromatic carbocycles. The van der Waals surface area contributed by atoms with Gasteiger partial charge in [0.05, 0.1) is 11.0 Å². The third kappa shape index (κ3) is 2.05. The summed E-state index contributed by atoms with van der Waals surface area (Å²) in [5.74, 6) is 0. The third-order valence-corrected chi connectivity index (χ3v) is 3.16. The molecule has 3 aromatic rings. The van der Waals surface area contributed by atoms with Gasteiger partial charge in [0.2, 0.25) is 0 Å². The van der Waals surface area contributed by atoms with Crippen LogP contribution in [0, 0.1) is 0 Å². The van der Waals surface area contributed by atoms with Crippen molar-refractivity contribution in [3.63, 3.8) is 0 Å². The Balaban J connectivity index is 2.29. The zero-order chi connectivity index (χ0) is 14.3. The number of fused-ring (bicyclic) bond motifs is 3. The van der Waals surface area contributed by atoms with Crippen molar-refractivity contribution < 1.29 is 9.53 Å². The zero-order valence-electron chi connectivity index (χ0n) is 11.9. The van der Waals surface area contributed by atoms with Gasteiger partial charge in [0.15, 0.2) is 0 Å². The highest BCUT2D eigenvalue weighted by Gasteiger charge is 2.21. The number of carbonyl (C=O) groups excluding carboxylic acids is 1. The average molecular weight is 267 g/mol. The van der Waals surface area contributed by atoms with E-state index in [0.717, 1.165) is 21.8 Å². The van der Waals surface area contributed by atoms with Gasteiger partial charge in [0.25, 0.3) is 0 Å². The van der Waals surface area contributed by atoms with Crippen LogP contribution in [0.4, 0.5) is 4.79 Å². The fourth-order valence-electron chi connectivity index (χ4n) is 2.43. The van der Waals surface area contributed by atoms with E-state index >= 15 is 0 Å². The van der Waals surface area contributed by atoms with E-state index in [9.17, 15) is 4.79 Å². The summed E-state index contributed by atoms with van der Waals surface area (Å²) in [6, 6.07) is 15.8. The molecule has 0 amide bonds. The van der Waals surface area contributed by atoms with Gasteiger partial charge in [-0.2, -0.15) is 0 Å². The van der Waals surface area contributed by atoms with Gasteiger partial charge in [-0.25, -0.2) is 9.36 Å². The summed E-state index contributed by atoms with van der Waals surface area (Å²) in [4.78, 5) is 12.5. The summed E-state index contributed by atoms with van der Waals surface area (Å²) < 4.78 is 7.17. The predicted octanol–water partition coefficient (Wildman–Crippen LogP) is 4.58. The number of para-hydroxylation sites is 2. The van der Waals surface area contributed by atoms with Gasteiger partial charge in [-0.15, -0.1) is 0 Å². The lowest BCUT2D eigenvalue weighted by Crippen LogP contribution is -2.27. The van der Waals surface area contributed by atoms with E-state index in [2.05, 4.69) is 0 Å². The molecule has 0 fully saturated rings.